The van der Waals surface area contributed by atoms with E-state index in [1.54, 1.807) is 30.3 Å². The molecule has 3 aromatic rings. The molecule has 1 aliphatic heterocycles. The van der Waals surface area contributed by atoms with Gasteiger partial charge in [0, 0.05) is 12.2 Å². The average molecular weight is 465 g/mol. The number of anilines is 2. The normalized spacial score (nSPS) is 13.3. The fourth-order valence-electron chi connectivity index (χ4n) is 3.97. The summed E-state index contributed by atoms with van der Waals surface area (Å²) < 4.78 is 33.6. The fourth-order valence-corrected chi connectivity index (χ4v) is 5.50. The first-order valence-corrected chi connectivity index (χ1v) is 12.5. The van der Waals surface area contributed by atoms with Gasteiger partial charge < -0.3 is 10.1 Å². The molecule has 33 heavy (non-hydrogen) atoms. The molecule has 6 nitrogen and oxygen atoms in total. The molecule has 0 saturated heterocycles. The van der Waals surface area contributed by atoms with Crippen molar-refractivity contribution in [2.45, 2.75) is 38.0 Å². The number of carbonyl (C=O) groups is 1. The van der Waals surface area contributed by atoms with Gasteiger partial charge in [-0.15, -0.1) is 0 Å². The molecule has 1 aliphatic rings. The molecule has 1 N–H and O–H groups in total. The monoisotopic (exact) mass is 464 g/mol. The Kier molecular flexibility index (Phi) is 6.70. The van der Waals surface area contributed by atoms with Gasteiger partial charge in [0.2, 0.25) is 5.91 Å². The topological polar surface area (TPSA) is 75.7 Å². The molecule has 0 fully saturated rings. The lowest BCUT2D eigenvalue weighted by molar-refractivity contribution is -0.115. The molecule has 0 aromatic heterocycles. The molecule has 172 valence electrons. The second-order valence-corrected chi connectivity index (χ2v) is 10.0. The van der Waals surface area contributed by atoms with Crippen LogP contribution in [0.4, 0.5) is 11.4 Å². The van der Waals surface area contributed by atoms with Gasteiger partial charge in [0.15, 0.2) is 0 Å². The van der Waals surface area contributed by atoms with Crippen LogP contribution in [0.1, 0.15) is 30.0 Å². The van der Waals surface area contributed by atoms with Crippen LogP contribution in [0.3, 0.4) is 0 Å². The number of fused-ring (bicyclic) bond motifs is 1. The highest BCUT2D eigenvalue weighted by molar-refractivity contribution is 7.92. The minimum Gasteiger partial charge on any atom is -0.494 e. The molecule has 0 saturated carbocycles. The van der Waals surface area contributed by atoms with Gasteiger partial charge in [-0.1, -0.05) is 35.9 Å². The van der Waals surface area contributed by atoms with Gasteiger partial charge in [0.05, 0.1) is 23.6 Å². The van der Waals surface area contributed by atoms with E-state index in [0.717, 1.165) is 35.3 Å². The minimum atomic E-state index is -3.69. The van der Waals surface area contributed by atoms with E-state index in [2.05, 4.69) is 5.32 Å². The summed E-state index contributed by atoms with van der Waals surface area (Å²) in [6.45, 7) is 4.85. The third-order valence-electron chi connectivity index (χ3n) is 5.65. The number of hydrogen-bond donors (Lipinski definition) is 1. The molecule has 3 aromatic carbocycles. The second kappa shape index (κ2) is 9.67. The maximum atomic E-state index is 13.3. The van der Waals surface area contributed by atoms with Gasteiger partial charge in [-0.2, -0.15) is 0 Å². The molecule has 0 unspecified atom stereocenters. The highest BCUT2D eigenvalue weighted by Crippen LogP contribution is 2.34. The Morgan fingerprint density at radius 1 is 1.03 bits per heavy atom. The Morgan fingerprint density at radius 2 is 1.76 bits per heavy atom. The van der Waals surface area contributed by atoms with E-state index in [0.29, 0.717) is 24.5 Å². The Hall–Kier alpha value is -3.32. The summed E-state index contributed by atoms with van der Waals surface area (Å²) in [5, 5.41) is 2.91. The maximum absolute atomic E-state index is 13.3. The molecule has 1 heterocycles. The third kappa shape index (κ3) is 5.20. The Morgan fingerprint density at radius 3 is 2.45 bits per heavy atom. The SMILES string of the molecule is CCOc1ccc(CC(=O)Nc2ccc3c(c2)N(S(=O)(=O)c2ccc(C)cc2)CCC3)cc1. The summed E-state index contributed by atoms with van der Waals surface area (Å²) in [5.74, 6) is 0.606. The zero-order chi connectivity index (χ0) is 23.4. The first-order valence-electron chi connectivity index (χ1n) is 11.1. The van der Waals surface area contributed by atoms with Crippen molar-refractivity contribution in [3.8, 4) is 5.75 Å². The lowest BCUT2D eigenvalue weighted by Crippen LogP contribution is -2.35. The molecule has 1 amide bonds. The number of amides is 1. The second-order valence-electron chi connectivity index (χ2n) is 8.14. The van der Waals surface area contributed by atoms with E-state index >= 15 is 0 Å². The third-order valence-corrected chi connectivity index (χ3v) is 7.48. The van der Waals surface area contributed by atoms with E-state index in [1.807, 2.05) is 50.2 Å². The number of nitrogens with one attached hydrogen (secondary N) is 1. The van der Waals surface area contributed by atoms with Crippen LogP contribution >= 0.6 is 0 Å². The van der Waals surface area contributed by atoms with Crippen LogP contribution < -0.4 is 14.4 Å². The Bertz CT molecular complexity index is 1240. The van der Waals surface area contributed by atoms with Crippen LogP contribution in [-0.2, 0) is 27.7 Å². The van der Waals surface area contributed by atoms with Crippen LogP contribution in [0.2, 0.25) is 0 Å². The summed E-state index contributed by atoms with van der Waals surface area (Å²) in [7, 11) is -3.69. The number of rotatable bonds is 7. The highest BCUT2D eigenvalue weighted by atomic mass is 32.2. The zero-order valence-electron chi connectivity index (χ0n) is 18.9. The van der Waals surface area contributed by atoms with Crippen molar-refractivity contribution in [2.75, 3.05) is 22.8 Å². The standard InChI is InChI=1S/C26H28N2O4S/c1-3-32-23-12-8-20(9-13-23)17-26(29)27-22-11-10-21-5-4-16-28(25(21)18-22)33(30,31)24-14-6-19(2)7-15-24/h6-15,18H,3-5,16-17H2,1-2H3,(H,27,29). The van der Waals surface area contributed by atoms with Crippen LogP contribution in [0.5, 0.6) is 5.75 Å². The molecule has 0 atom stereocenters. The molecule has 4 rings (SSSR count). The number of sulfonamides is 1. The number of aryl methyl sites for hydroxylation is 2. The predicted octanol–water partition coefficient (Wildman–Crippen LogP) is 4.72. The van der Waals surface area contributed by atoms with Gasteiger partial charge in [0.1, 0.15) is 5.75 Å². The zero-order valence-corrected chi connectivity index (χ0v) is 19.7. The molecule has 0 spiro atoms. The summed E-state index contributed by atoms with van der Waals surface area (Å²) in [6.07, 6.45) is 1.77. The van der Waals surface area contributed by atoms with Crippen LogP contribution in [0.15, 0.2) is 71.6 Å². The van der Waals surface area contributed by atoms with Crippen molar-refractivity contribution in [1.29, 1.82) is 0 Å². The van der Waals surface area contributed by atoms with E-state index in [1.165, 1.54) is 4.31 Å². The van der Waals surface area contributed by atoms with Crippen molar-refractivity contribution < 1.29 is 17.9 Å². The highest BCUT2D eigenvalue weighted by Gasteiger charge is 2.29. The van der Waals surface area contributed by atoms with Gasteiger partial charge >= 0.3 is 0 Å². The molecule has 0 aliphatic carbocycles. The number of hydrogen-bond acceptors (Lipinski definition) is 4. The predicted molar refractivity (Wildman–Crippen MR) is 130 cm³/mol. The number of nitrogens with zero attached hydrogens (tertiary/aromatic N) is 1. The largest absolute Gasteiger partial charge is 0.494 e. The van der Waals surface area contributed by atoms with Crippen molar-refractivity contribution in [3.05, 3.63) is 83.4 Å². The molecular weight excluding hydrogens is 436 g/mol. The van der Waals surface area contributed by atoms with Gasteiger partial charge in [-0.25, -0.2) is 8.42 Å². The number of carbonyl (C=O) groups excluding carboxylic acids is 1. The summed E-state index contributed by atoms with van der Waals surface area (Å²) in [5.41, 5.74) is 4.04. The average Bonchev–Trinajstić information content (AvgIpc) is 2.80. The van der Waals surface area contributed by atoms with Crippen molar-refractivity contribution in [3.63, 3.8) is 0 Å². The fraction of sp³-hybridized carbons (Fsp3) is 0.269. The lowest BCUT2D eigenvalue weighted by atomic mass is 10.0. The van der Waals surface area contributed by atoms with Gasteiger partial charge in [-0.3, -0.25) is 9.10 Å². The quantitative estimate of drug-likeness (QED) is 0.549. The number of ether oxygens (including phenoxy) is 1. The Labute approximate surface area is 195 Å². The van der Waals surface area contributed by atoms with Gasteiger partial charge in [0.25, 0.3) is 10.0 Å². The van der Waals surface area contributed by atoms with Crippen LogP contribution in [-0.4, -0.2) is 27.5 Å². The van der Waals surface area contributed by atoms with E-state index < -0.39 is 10.0 Å². The van der Waals surface area contributed by atoms with Crippen molar-refractivity contribution >= 4 is 27.3 Å². The first-order chi connectivity index (χ1) is 15.9. The summed E-state index contributed by atoms with van der Waals surface area (Å²) in [6, 6.07) is 19.8. The first kappa shape index (κ1) is 22.9. The van der Waals surface area contributed by atoms with Crippen LogP contribution in [0.25, 0.3) is 0 Å². The van der Waals surface area contributed by atoms with E-state index in [-0.39, 0.29) is 17.2 Å². The van der Waals surface area contributed by atoms with Crippen LogP contribution in [0, 0.1) is 6.92 Å². The van der Waals surface area contributed by atoms with E-state index in [4.69, 9.17) is 4.74 Å². The Balaban J connectivity index is 1.53. The van der Waals surface area contributed by atoms with Crippen molar-refractivity contribution in [2.24, 2.45) is 0 Å². The van der Waals surface area contributed by atoms with E-state index in [9.17, 15) is 13.2 Å². The van der Waals surface area contributed by atoms with Crippen molar-refractivity contribution in [1.82, 2.24) is 0 Å². The number of benzene rings is 3. The lowest BCUT2D eigenvalue weighted by Gasteiger charge is -2.31. The maximum Gasteiger partial charge on any atom is 0.264 e. The summed E-state index contributed by atoms with van der Waals surface area (Å²) >= 11 is 0. The molecule has 7 heteroatoms. The summed E-state index contributed by atoms with van der Waals surface area (Å²) in [4.78, 5) is 12.9. The molecular formula is C26H28N2O4S. The smallest absolute Gasteiger partial charge is 0.264 e. The minimum absolute atomic E-state index is 0.164. The van der Waals surface area contributed by atoms with Gasteiger partial charge in [-0.05, 0) is 74.2 Å². The molecule has 0 bridgehead atoms. The molecule has 0 radical (unpaired) electrons.